The number of carbonyl (C=O) groups excluding carboxylic acids is 1. The zero-order valence-corrected chi connectivity index (χ0v) is 11.2. The highest BCUT2D eigenvalue weighted by Gasteiger charge is 2.27. The molecular formula is C13H20N2O3. The fraction of sp³-hybridized carbons (Fsp3) is 0.769. The minimum Gasteiger partial charge on any atom is -0.381 e. The molecule has 0 aliphatic carbocycles. The second-order valence-corrected chi connectivity index (χ2v) is 5.31. The van der Waals surface area contributed by atoms with E-state index >= 15 is 0 Å². The van der Waals surface area contributed by atoms with Crippen LogP contribution in [0.15, 0.2) is 4.52 Å². The van der Waals surface area contributed by atoms with E-state index in [0.717, 1.165) is 26.1 Å². The van der Waals surface area contributed by atoms with Crippen LogP contribution in [-0.2, 0) is 16.0 Å². The maximum Gasteiger partial charge on any atom is 0.237 e. The van der Waals surface area contributed by atoms with Crippen molar-refractivity contribution in [2.75, 3.05) is 13.2 Å². The Hall–Kier alpha value is -1.23. The van der Waals surface area contributed by atoms with Gasteiger partial charge in [-0.05, 0) is 25.2 Å². The third kappa shape index (κ3) is 2.96. The Balaban J connectivity index is 2.06. The predicted octanol–water partition coefficient (Wildman–Crippen LogP) is 1.98. The number of rotatable bonds is 5. The zero-order chi connectivity index (χ0) is 13.1. The van der Waals surface area contributed by atoms with Crippen molar-refractivity contribution in [1.82, 2.24) is 10.1 Å². The summed E-state index contributed by atoms with van der Waals surface area (Å²) < 4.78 is 10.6. The van der Waals surface area contributed by atoms with Gasteiger partial charge < -0.3 is 9.26 Å². The second kappa shape index (κ2) is 5.61. The summed E-state index contributed by atoms with van der Waals surface area (Å²) in [4.78, 5) is 16.0. The molecule has 2 heterocycles. The van der Waals surface area contributed by atoms with Crippen LogP contribution in [-0.4, -0.2) is 29.1 Å². The SMILES string of the molecule is CC(=O)C(c1nc(CC2CCOC2)no1)C(C)C. The maximum atomic E-state index is 11.6. The molecule has 0 saturated carbocycles. The number of hydrogen-bond donors (Lipinski definition) is 0. The Morgan fingerprint density at radius 1 is 1.50 bits per heavy atom. The smallest absolute Gasteiger partial charge is 0.237 e. The van der Waals surface area contributed by atoms with Crippen LogP contribution in [0.3, 0.4) is 0 Å². The highest BCUT2D eigenvalue weighted by molar-refractivity contribution is 5.82. The van der Waals surface area contributed by atoms with Gasteiger partial charge in [0.2, 0.25) is 5.89 Å². The number of nitrogens with zero attached hydrogens (tertiary/aromatic N) is 2. The van der Waals surface area contributed by atoms with Gasteiger partial charge in [0.1, 0.15) is 5.78 Å². The fourth-order valence-corrected chi connectivity index (χ4v) is 2.41. The molecule has 0 amide bonds. The molecule has 1 aromatic rings. The molecule has 2 atom stereocenters. The molecule has 0 radical (unpaired) electrons. The van der Waals surface area contributed by atoms with Crippen LogP contribution >= 0.6 is 0 Å². The van der Waals surface area contributed by atoms with Crippen LogP contribution in [0, 0.1) is 11.8 Å². The lowest BCUT2D eigenvalue weighted by Gasteiger charge is -2.12. The summed E-state index contributed by atoms with van der Waals surface area (Å²) >= 11 is 0. The van der Waals surface area contributed by atoms with E-state index in [-0.39, 0.29) is 17.6 Å². The van der Waals surface area contributed by atoms with E-state index in [1.165, 1.54) is 0 Å². The van der Waals surface area contributed by atoms with Gasteiger partial charge >= 0.3 is 0 Å². The largest absolute Gasteiger partial charge is 0.381 e. The molecule has 1 aromatic heterocycles. The van der Waals surface area contributed by atoms with E-state index < -0.39 is 0 Å². The van der Waals surface area contributed by atoms with Gasteiger partial charge in [-0.3, -0.25) is 4.79 Å². The summed E-state index contributed by atoms with van der Waals surface area (Å²) in [5.41, 5.74) is 0. The first kappa shape index (κ1) is 13.2. The van der Waals surface area contributed by atoms with Crippen molar-refractivity contribution in [1.29, 1.82) is 0 Å². The lowest BCUT2D eigenvalue weighted by Crippen LogP contribution is -2.15. The van der Waals surface area contributed by atoms with Crippen molar-refractivity contribution < 1.29 is 14.1 Å². The molecule has 18 heavy (non-hydrogen) atoms. The van der Waals surface area contributed by atoms with Gasteiger partial charge in [-0.15, -0.1) is 0 Å². The monoisotopic (exact) mass is 252 g/mol. The fourth-order valence-electron chi connectivity index (χ4n) is 2.41. The van der Waals surface area contributed by atoms with Crippen LogP contribution < -0.4 is 0 Å². The van der Waals surface area contributed by atoms with Crippen molar-refractivity contribution in [2.45, 2.75) is 39.5 Å². The minimum atomic E-state index is -0.286. The van der Waals surface area contributed by atoms with Gasteiger partial charge in [0.25, 0.3) is 0 Å². The lowest BCUT2D eigenvalue weighted by atomic mass is 9.92. The molecule has 1 aliphatic heterocycles. The normalized spacial score (nSPS) is 21.4. The van der Waals surface area contributed by atoms with E-state index in [0.29, 0.717) is 17.6 Å². The molecule has 2 unspecified atom stereocenters. The van der Waals surface area contributed by atoms with Crippen molar-refractivity contribution >= 4 is 5.78 Å². The Labute approximate surface area is 107 Å². The molecule has 1 aliphatic rings. The van der Waals surface area contributed by atoms with Gasteiger partial charge in [0, 0.05) is 19.6 Å². The summed E-state index contributed by atoms with van der Waals surface area (Å²) in [6, 6.07) is 0. The van der Waals surface area contributed by atoms with E-state index in [1.807, 2.05) is 13.8 Å². The Kier molecular flexibility index (Phi) is 4.11. The van der Waals surface area contributed by atoms with Crippen molar-refractivity contribution in [3.63, 3.8) is 0 Å². The van der Waals surface area contributed by atoms with Crippen LogP contribution in [0.2, 0.25) is 0 Å². The van der Waals surface area contributed by atoms with Gasteiger partial charge in [-0.1, -0.05) is 19.0 Å². The van der Waals surface area contributed by atoms with Gasteiger partial charge in [0.05, 0.1) is 5.92 Å². The Bertz CT molecular complexity index is 408. The second-order valence-electron chi connectivity index (χ2n) is 5.31. The number of Topliss-reactive ketones (excluding diaryl/α,β-unsaturated/α-hetero) is 1. The van der Waals surface area contributed by atoms with Crippen LogP contribution in [0.4, 0.5) is 0 Å². The Morgan fingerprint density at radius 3 is 2.83 bits per heavy atom. The molecular weight excluding hydrogens is 232 g/mol. The van der Waals surface area contributed by atoms with Crippen LogP contribution in [0.5, 0.6) is 0 Å². The van der Waals surface area contributed by atoms with E-state index in [4.69, 9.17) is 9.26 Å². The molecule has 5 nitrogen and oxygen atoms in total. The zero-order valence-electron chi connectivity index (χ0n) is 11.2. The van der Waals surface area contributed by atoms with Crippen LogP contribution in [0.1, 0.15) is 44.8 Å². The van der Waals surface area contributed by atoms with Gasteiger partial charge in [-0.25, -0.2) is 0 Å². The van der Waals surface area contributed by atoms with Crippen molar-refractivity contribution in [2.24, 2.45) is 11.8 Å². The maximum absolute atomic E-state index is 11.6. The average molecular weight is 252 g/mol. The molecule has 1 fully saturated rings. The number of ketones is 1. The molecule has 100 valence electrons. The summed E-state index contributed by atoms with van der Waals surface area (Å²) in [7, 11) is 0. The van der Waals surface area contributed by atoms with Crippen LogP contribution in [0.25, 0.3) is 0 Å². The number of ether oxygens (including phenoxy) is 1. The predicted molar refractivity (Wildman–Crippen MR) is 65.2 cm³/mol. The first-order valence-corrected chi connectivity index (χ1v) is 6.48. The number of aromatic nitrogens is 2. The third-order valence-electron chi connectivity index (χ3n) is 3.35. The molecule has 2 rings (SSSR count). The highest BCUT2D eigenvalue weighted by atomic mass is 16.5. The minimum absolute atomic E-state index is 0.0735. The van der Waals surface area contributed by atoms with Crippen molar-refractivity contribution in [3.05, 3.63) is 11.7 Å². The highest BCUT2D eigenvalue weighted by Crippen LogP contribution is 2.25. The molecule has 1 saturated heterocycles. The van der Waals surface area contributed by atoms with E-state index in [9.17, 15) is 4.79 Å². The first-order valence-electron chi connectivity index (χ1n) is 6.48. The molecule has 0 bridgehead atoms. The van der Waals surface area contributed by atoms with Gasteiger partial charge in [0.15, 0.2) is 5.82 Å². The third-order valence-corrected chi connectivity index (χ3v) is 3.35. The molecule has 0 aromatic carbocycles. The number of carbonyl (C=O) groups is 1. The summed E-state index contributed by atoms with van der Waals surface area (Å²) in [5.74, 6) is 1.57. The molecule has 5 heteroatoms. The summed E-state index contributed by atoms with van der Waals surface area (Å²) in [6.07, 6.45) is 1.82. The Morgan fingerprint density at radius 2 is 2.28 bits per heavy atom. The quantitative estimate of drug-likeness (QED) is 0.801. The summed E-state index contributed by atoms with van der Waals surface area (Å²) in [5, 5.41) is 3.97. The van der Waals surface area contributed by atoms with Gasteiger partial charge in [-0.2, -0.15) is 4.98 Å². The van der Waals surface area contributed by atoms with Crippen molar-refractivity contribution in [3.8, 4) is 0 Å². The number of hydrogen-bond acceptors (Lipinski definition) is 5. The van der Waals surface area contributed by atoms with E-state index in [1.54, 1.807) is 6.92 Å². The first-order chi connectivity index (χ1) is 8.58. The summed E-state index contributed by atoms with van der Waals surface area (Å²) in [6.45, 7) is 7.13. The molecule has 0 N–H and O–H groups in total. The average Bonchev–Trinajstić information content (AvgIpc) is 2.90. The molecule has 0 spiro atoms. The topological polar surface area (TPSA) is 65.2 Å². The standard InChI is InChI=1S/C13H20N2O3/c1-8(2)12(9(3)16)13-14-11(15-18-13)6-10-4-5-17-7-10/h8,10,12H,4-7H2,1-3H3. The van der Waals surface area contributed by atoms with E-state index in [2.05, 4.69) is 10.1 Å². The lowest BCUT2D eigenvalue weighted by molar-refractivity contribution is -0.119.